The Bertz CT molecular complexity index is 391. The molecule has 106 valence electrons. The molecule has 2 nitrogen and oxygen atoms in total. The van der Waals surface area contributed by atoms with E-state index < -0.39 is 6.61 Å². The highest BCUT2D eigenvalue weighted by Crippen LogP contribution is 2.24. The second kappa shape index (κ2) is 6.85. The highest BCUT2D eigenvalue weighted by atomic mass is 19.3. The lowest BCUT2D eigenvalue weighted by molar-refractivity contribution is -0.0499. The second-order valence-electron chi connectivity index (χ2n) is 5.17. The number of ether oxygens (including phenoxy) is 1. The minimum absolute atomic E-state index is 0.157. The van der Waals surface area contributed by atoms with E-state index >= 15 is 0 Å². The summed E-state index contributed by atoms with van der Waals surface area (Å²) in [4.78, 5) is 0. The zero-order valence-corrected chi connectivity index (χ0v) is 11.2. The van der Waals surface area contributed by atoms with E-state index in [1.54, 1.807) is 18.2 Å². The van der Waals surface area contributed by atoms with Crippen LogP contribution in [-0.4, -0.2) is 12.7 Å². The fourth-order valence-corrected chi connectivity index (χ4v) is 2.68. The summed E-state index contributed by atoms with van der Waals surface area (Å²) < 4.78 is 28.8. The number of nitrogens with one attached hydrogen (secondary N) is 1. The predicted octanol–water partition coefficient (Wildman–Crippen LogP) is 4.27. The van der Waals surface area contributed by atoms with Gasteiger partial charge >= 0.3 is 6.61 Å². The van der Waals surface area contributed by atoms with Crippen LogP contribution in [-0.2, 0) is 0 Å². The van der Waals surface area contributed by atoms with Crippen LogP contribution in [0.2, 0.25) is 0 Å². The van der Waals surface area contributed by atoms with Gasteiger partial charge in [-0.25, -0.2) is 0 Å². The molecule has 1 unspecified atom stereocenters. The third kappa shape index (κ3) is 4.46. The fourth-order valence-electron chi connectivity index (χ4n) is 2.68. The Morgan fingerprint density at radius 3 is 2.63 bits per heavy atom. The highest BCUT2D eigenvalue weighted by Gasteiger charge is 2.16. The average molecular weight is 269 g/mol. The summed E-state index contributed by atoms with van der Waals surface area (Å²) in [5, 5.41) is 3.57. The Kier molecular flexibility index (Phi) is 5.14. The molecular formula is C15H21F2NO. The maximum atomic E-state index is 12.2. The minimum atomic E-state index is -2.77. The first kappa shape index (κ1) is 14.3. The van der Waals surface area contributed by atoms with Gasteiger partial charge in [0.1, 0.15) is 5.75 Å². The maximum absolute atomic E-state index is 12.2. The normalized spacial score (nSPS) is 18.5. The molecule has 1 N–H and O–H groups in total. The first-order valence-corrected chi connectivity index (χ1v) is 6.96. The lowest BCUT2D eigenvalue weighted by Crippen LogP contribution is -2.33. The van der Waals surface area contributed by atoms with Gasteiger partial charge < -0.3 is 10.1 Å². The Hall–Kier alpha value is -1.16. The fraction of sp³-hybridized carbons (Fsp3) is 0.600. The van der Waals surface area contributed by atoms with E-state index in [-0.39, 0.29) is 11.8 Å². The van der Waals surface area contributed by atoms with Crippen molar-refractivity contribution in [1.82, 2.24) is 5.32 Å². The van der Waals surface area contributed by atoms with Crippen LogP contribution < -0.4 is 10.1 Å². The van der Waals surface area contributed by atoms with Gasteiger partial charge in [0, 0.05) is 12.1 Å². The first-order valence-electron chi connectivity index (χ1n) is 6.96. The van der Waals surface area contributed by atoms with E-state index in [1.807, 2.05) is 6.07 Å². The van der Waals surface area contributed by atoms with Crippen molar-refractivity contribution in [2.45, 2.75) is 57.7 Å². The van der Waals surface area contributed by atoms with Crippen LogP contribution in [0.1, 0.15) is 50.6 Å². The van der Waals surface area contributed by atoms with Gasteiger partial charge in [-0.1, -0.05) is 31.4 Å². The van der Waals surface area contributed by atoms with Gasteiger partial charge in [0.05, 0.1) is 0 Å². The zero-order chi connectivity index (χ0) is 13.7. The molecule has 0 heterocycles. The molecule has 1 aliphatic rings. The molecule has 1 atom stereocenters. The topological polar surface area (TPSA) is 21.3 Å². The van der Waals surface area contributed by atoms with Crippen LogP contribution in [0.25, 0.3) is 0 Å². The average Bonchev–Trinajstić information content (AvgIpc) is 2.39. The van der Waals surface area contributed by atoms with Crippen molar-refractivity contribution in [1.29, 1.82) is 0 Å². The standard InChI is InChI=1S/C15H21F2NO/c1-11(18-13-7-3-2-4-8-13)12-6-5-9-14(10-12)19-15(16)17/h5-6,9-11,13,15,18H,2-4,7-8H2,1H3. The largest absolute Gasteiger partial charge is 0.435 e. The maximum Gasteiger partial charge on any atom is 0.387 e. The van der Waals surface area contributed by atoms with Gasteiger partial charge in [0.15, 0.2) is 0 Å². The molecule has 1 fully saturated rings. The molecule has 1 aromatic carbocycles. The smallest absolute Gasteiger partial charge is 0.387 e. The summed E-state index contributed by atoms with van der Waals surface area (Å²) in [7, 11) is 0. The predicted molar refractivity (Wildman–Crippen MR) is 71.5 cm³/mol. The van der Waals surface area contributed by atoms with Crippen LogP contribution in [0.5, 0.6) is 5.75 Å². The highest BCUT2D eigenvalue weighted by molar-refractivity contribution is 5.30. The van der Waals surface area contributed by atoms with E-state index in [2.05, 4.69) is 17.0 Å². The quantitative estimate of drug-likeness (QED) is 0.861. The molecule has 0 aromatic heterocycles. The number of rotatable bonds is 5. The van der Waals surface area contributed by atoms with Gasteiger partial charge in [-0.2, -0.15) is 8.78 Å². The Morgan fingerprint density at radius 2 is 1.95 bits per heavy atom. The van der Waals surface area contributed by atoms with Crippen molar-refractivity contribution in [3.8, 4) is 5.75 Å². The number of hydrogen-bond acceptors (Lipinski definition) is 2. The second-order valence-corrected chi connectivity index (χ2v) is 5.17. The summed E-state index contributed by atoms with van der Waals surface area (Å²) in [6, 6.07) is 7.65. The van der Waals surface area contributed by atoms with E-state index in [0.29, 0.717) is 6.04 Å². The van der Waals surface area contributed by atoms with E-state index in [1.165, 1.54) is 32.1 Å². The number of alkyl halides is 2. The molecule has 0 bridgehead atoms. The number of benzene rings is 1. The van der Waals surface area contributed by atoms with Crippen molar-refractivity contribution in [3.05, 3.63) is 29.8 Å². The lowest BCUT2D eigenvalue weighted by Gasteiger charge is -2.27. The molecule has 4 heteroatoms. The van der Waals surface area contributed by atoms with Gasteiger partial charge in [-0.15, -0.1) is 0 Å². The molecule has 0 saturated heterocycles. The molecule has 2 rings (SSSR count). The van der Waals surface area contributed by atoms with Gasteiger partial charge in [0.2, 0.25) is 0 Å². The van der Waals surface area contributed by atoms with Gasteiger partial charge in [-0.05, 0) is 37.5 Å². The van der Waals surface area contributed by atoms with Crippen molar-refractivity contribution in [2.24, 2.45) is 0 Å². The summed E-state index contributed by atoms with van der Waals surface area (Å²) in [6.07, 6.45) is 6.29. The van der Waals surface area contributed by atoms with Crippen LogP contribution in [0.3, 0.4) is 0 Å². The van der Waals surface area contributed by atoms with E-state index in [4.69, 9.17) is 0 Å². The van der Waals surface area contributed by atoms with Crippen molar-refractivity contribution in [3.63, 3.8) is 0 Å². The minimum Gasteiger partial charge on any atom is -0.435 e. The van der Waals surface area contributed by atoms with Crippen LogP contribution >= 0.6 is 0 Å². The van der Waals surface area contributed by atoms with Gasteiger partial charge in [-0.3, -0.25) is 0 Å². The number of halogens is 2. The van der Waals surface area contributed by atoms with E-state index in [9.17, 15) is 8.78 Å². The van der Waals surface area contributed by atoms with Crippen LogP contribution in [0.4, 0.5) is 8.78 Å². The molecule has 0 aliphatic heterocycles. The Morgan fingerprint density at radius 1 is 1.21 bits per heavy atom. The number of hydrogen-bond donors (Lipinski definition) is 1. The molecule has 0 radical (unpaired) electrons. The third-order valence-corrected chi connectivity index (χ3v) is 3.67. The van der Waals surface area contributed by atoms with Crippen molar-refractivity contribution in [2.75, 3.05) is 0 Å². The molecule has 1 aromatic rings. The zero-order valence-electron chi connectivity index (χ0n) is 11.2. The molecule has 0 amide bonds. The molecule has 1 aliphatic carbocycles. The Labute approximate surface area is 113 Å². The van der Waals surface area contributed by atoms with Crippen LogP contribution in [0.15, 0.2) is 24.3 Å². The lowest BCUT2D eigenvalue weighted by atomic mass is 9.94. The SMILES string of the molecule is CC(NC1CCCCC1)c1cccc(OC(F)F)c1. The molecule has 1 saturated carbocycles. The van der Waals surface area contributed by atoms with Gasteiger partial charge in [0.25, 0.3) is 0 Å². The van der Waals surface area contributed by atoms with Crippen molar-refractivity contribution >= 4 is 0 Å². The van der Waals surface area contributed by atoms with E-state index in [0.717, 1.165) is 5.56 Å². The first-order chi connectivity index (χ1) is 9.15. The Balaban J connectivity index is 1.95. The summed E-state index contributed by atoms with van der Waals surface area (Å²) >= 11 is 0. The molecule has 0 spiro atoms. The summed E-state index contributed by atoms with van der Waals surface area (Å²) in [5.41, 5.74) is 0.990. The monoisotopic (exact) mass is 269 g/mol. The third-order valence-electron chi connectivity index (χ3n) is 3.67. The summed E-state index contributed by atoms with van der Waals surface area (Å²) in [6.45, 7) is -0.701. The molecule has 19 heavy (non-hydrogen) atoms. The summed E-state index contributed by atoms with van der Waals surface area (Å²) in [5.74, 6) is 0.227. The molecular weight excluding hydrogens is 248 g/mol. The van der Waals surface area contributed by atoms with Crippen LogP contribution in [0, 0.1) is 0 Å². The van der Waals surface area contributed by atoms with Crippen molar-refractivity contribution < 1.29 is 13.5 Å².